The number of amides is 1. The van der Waals surface area contributed by atoms with E-state index in [2.05, 4.69) is 25.9 Å². The number of hydrogen-bond acceptors (Lipinski definition) is 7. The Morgan fingerprint density at radius 3 is 2.89 bits per heavy atom. The van der Waals surface area contributed by atoms with Gasteiger partial charge in [0.15, 0.2) is 0 Å². The van der Waals surface area contributed by atoms with Gasteiger partial charge in [0.25, 0.3) is 5.91 Å². The van der Waals surface area contributed by atoms with Gasteiger partial charge in [-0.1, -0.05) is 29.9 Å². The Labute approximate surface area is 118 Å². The number of nitrogens with two attached hydrogens (primary N) is 1. The fraction of sp³-hybridized carbons (Fsp3) is 0.200. The van der Waals surface area contributed by atoms with Crippen LogP contribution in [0.2, 0.25) is 5.15 Å². The number of hydrogen-bond donors (Lipinski definition) is 3. The molecule has 1 amide bonds. The van der Waals surface area contributed by atoms with Gasteiger partial charge in [0.2, 0.25) is 5.13 Å². The average molecular weight is 299 g/mol. The molecule has 4 N–H and O–H groups in total. The summed E-state index contributed by atoms with van der Waals surface area (Å²) in [5, 5.41) is 11.9. The zero-order valence-corrected chi connectivity index (χ0v) is 11.5. The first-order valence-electron chi connectivity index (χ1n) is 5.40. The molecule has 0 aromatic carbocycles. The molecular formula is C10H11ClN6OS. The second kappa shape index (κ2) is 5.91. The maximum Gasteiger partial charge on any atom is 0.257 e. The fourth-order valence-corrected chi connectivity index (χ4v) is 2.20. The summed E-state index contributed by atoms with van der Waals surface area (Å²) in [7, 11) is 0. The molecule has 2 heterocycles. The van der Waals surface area contributed by atoms with Gasteiger partial charge in [-0.2, -0.15) is 0 Å². The molecule has 0 bridgehead atoms. The molecule has 0 atom stereocenters. The fourth-order valence-electron chi connectivity index (χ4n) is 1.32. The minimum absolute atomic E-state index is 0.173. The van der Waals surface area contributed by atoms with Crippen LogP contribution in [0, 0.1) is 0 Å². The van der Waals surface area contributed by atoms with Crippen molar-refractivity contribution in [1.82, 2.24) is 15.2 Å². The molecule has 0 spiro atoms. The lowest BCUT2D eigenvalue weighted by Gasteiger charge is -2.04. The van der Waals surface area contributed by atoms with Crippen LogP contribution in [0.1, 0.15) is 22.3 Å². The summed E-state index contributed by atoms with van der Waals surface area (Å²) < 4.78 is 0. The molecule has 2 rings (SSSR count). The number of halogens is 1. The number of nitrogen functional groups attached to an aromatic ring is 1. The minimum atomic E-state index is -0.348. The highest BCUT2D eigenvalue weighted by Crippen LogP contribution is 2.18. The molecule has 2 aromatic rings. The van der Waals surface area contributed by atoms with Gasteiger partial charge in [0.1, 0.15) is 16.0 Å². The number of anilines is 2. The summed E-state index contributed by atoms with van der Waals surface area (Å²) in [5.74, 6) is 5.20. The molecule has 19 heavy (non-hydrogen) atoms. The number of aromatic nitrogens is 3. The van der Waals surface area contributed by atoms with Gasteiger partial charge >= 0.3 is 0 Å². The molecule has 2 aromatic heterocycles. The first kappa shape index (κ1) is 13.7. The topological polar surface area (TPSA) is 106 Å². The zero-order chi connectivity index (χ0) is 13.8. The van der Waals surface area contributed by atoms with Crippen molar-refractivity contribution in [3.8, 4) is 0 Å². The van der Waals surface area contributed by atoms with E-state index < -0.39 is 0 Å². The van der Waals surface area contributed by atoms with Crippen LogP contribution in [-0.2, 0) is 6.42 Å². The largest absolute Gasteiger partial charge is 0.308 e. The monoisotopic (exact) mass is 298 g/mol. The SMILES string of the molecule is CCc1nnc(NC(=O)c2cc(Cl)nc(NN)c2)s1. The molecule has 0 aliphatic rings. The van der Waals surface area contributed by atoms with Crippen molar-refractivity contribution < 1.29 is 4.79 Å². The summed E-state index contributed by atoms with van der Waals surface area (Å²) in [5.41, 5.74) is 2.67. The normalized spacial score (nSPS) is 10.3. The molecule has 7 nitrogen and oxygen atoms in total. The number of aryl methyl sites for hydroxylation is 1. The van der Waals surface area contributed by atoms with E-state index in [1.54, 1.807) is 0 Å². The Kier molecular flexibility index (Phi) is 4.25. The first-order chi connectivity index (χ1) is 9.12. The molecule has 0 fully saturated rings. The number of nitrogens with one attached hydrogen (secondary N) is 2. The van der Waals surface area contributed by atoms with Crippen LogP contribution in [0.15, 0.2) is 12.1 Å². The lowest BCUT2D eigenvalue weighted by Crippen LogP contribution is -2.14. The smallest absolute Gasteiger partial charge is 0.257 e. The van der Waals surface area contributed by atoms with E-state index in [4.69, 9.17) is 17.4 Å². The number of pyridine rings is 1. The molecule has 0 unspecified atom stereocenters. The van der Waals surface area contributed by atoms with Crippen molar-refractivity contribution in [2.45, 2.75) is 13.3 Å². The Morgan fingerprint density at radius 1 is 1.47 bits per heavy atom. The minimum Gasteiger partial charge on any atom is -0.308 e. The van der Waals surface area contributed by atoms with Gasteiger partial charge in [-0.15, -0.1) is 10.2 Å². The lowest BCUT2D eigenvalue weighted by atomic mass is 10.2. The van der Waals surface area contributed by atoms with E-state index in [1.807, 2.05) is 6.92 Å². The van der Waals surface area contributed by atoms with Crippen LogP contribution in [0.25, 0.3) is 0 Å². The van der Waals surface area contributed by atoms with E-state index in [9.17, 15) is 4.79 Å². The number of rotatable bonds is 4. The van der Waals surface area contributed by atoms with Crippen LogP contribution in [0.5, 0.6) is 0 Å². The Bertz CT molecular complexity index is 601. The average Bonchev–Trinajstić information content (AvgIpc) is 2.85. The van der Waals surface area contributed by atoms with Crippen LogP contribution in [0.4, 0.5) is 10.9 Å². The quantitative estimate of drug-likeness (QED) is 0.450. The van der Waals surface area contributed by atoms with Crippen molar-refractivity contribution >= 4 is 39.8 Å². The molecule has 0 saturated carbocycles. The third kappa shape index (κ3) is 3.37. The highest BCUT2D eigenvalue weighted by Gasteiger charge is 2.12. The van der Waals surface area contributed by atoms with Gasteiger partial charge in [0.05, 0.1) is 0 Å². The Balaban J connectivity index is 2.17. The van der Waals surface area contributed by atoms with Gasteiger partial charge in [-0.3, -0.25) is 10.1 Å². The molecular weight excluding hydrogens is 288 g/mol. The predicted molar refractivity (Wildman–Crippen MR) is 74.3 cm³/mol. The molecule has 0 saturated heterocycles. The van der Waals surface area contributed by atoms with E-state index in [1.165, 1.54) is 23.5 Å². The molecule has 0 radical (unpaired) electrons. The van der Waals surface area contributed by atoms with Crippen molar-refractivity contribution in [2.75, 3.05) is 10.7 Å². The van der Waals surface area contributed by atoms with Crippen LogP contribution in [-0.4, -0.2) is 21.1 Å². The van der Waals surface area contributed by atoms with Crippen LogP contribution in [0.3, 0.4) is 0 Å². The van der Waals surface area contributed by atoms with Crippen molar-refractivity contribution in [2.24, 2.45) is 5.84 Å². The van der Waals surface area contributed by atoms with Gasteiger partial charge in [-0.25, -0.2) is 10.8 Å². The summed E-state index contributed by atoms with van der Waals surface area (Å²) >= 11 is 7.12. The second-order valence-electron chi connectivity index (χ2n) is 3.52. The first-order valence-corrected chi connectivity index (χ1v) is 6.59. The predicted octanol–water partition coefficient (Wildman–Crippen LogP) is 1.69. The Morgan fingerprint density at radius 2 is 2.26 bits per heavy atom. The third-order valence-corrected chi connectivity index (χ3v) is 3.37. The second-order valence-corrected chi connectivity index (χ2v) is 4.97. The number of carbonyl (C=O) groups excluding carboxylic acids is 1. The van der Waals surface area contributed by atoms with E-state index in [-0.39, 0.29) is 11.1 Å². The summed E-state index contributed by atoms with van der Waals surface area (Å²) in [6.07, 6.45) is 0.774. The van der Waals surface area contributed by atoms with Crippen LogP contribution >= 0.6 is 22.9 Å². The maximum atomic E-state index is 12.0. The highest BCUT2D eigenvalue weighted by molar-refractivity contribution is 7.15. The zero-order valence-electron chi connectivity index (χ0n) is 9.98. The summed E-state index contributed by atoms with van der Waals surface area (Å²) in [6, 6.07) is 2.93. The standard InChI is InChI=1S/C10H11ClN6OS/c1-2-8-16-17-10(19-8)14-9(18)5-3-6(11)13-7(4-5)15-12/h3-4H,2,12H2,1H3,(H,13,15)(H,14,17,18). The van der Waals surface area contributed by atoms with E-state index in [0.29, 0.717) is 16.5 Å². The molecule has 0 aliphatic carbocycles. The van der Waals surface area contributed by atoms with E-state index >= 15 is 0 Å². The third-order valence-electron chi connectivity index (χ3n) is 2.19. The van der Waals surface area contributed by atoms with E-state index in [0.717, 1.165) is 11.4 Å². The molecule has 0 aliphatic heterocycles. The summed E-state index contributed by atoms with van der Waals surface area (Å²) in [4.78, 5) is 15.9. The number of carbonyl (C=O) groups is 1. The Hall–Kier alpha value is -1.77. The van der Waals surface area contributed by atoms with Crippen LogP contribution < -0.4 is 16.6 Å². The van der Waals surface area contributed by atoms with Crippen molar-refractivity contribution in [3.63, 3.8) is 0 Å². The highest BCUT2D eigenvalue weighted by atomic mass is 35.5. The van der Waals surface area contributed by atoms with Gasteiger partial charge < -0.3 is 5.43 Å². The summed E-state index contributed by atoms with van der Waals surface area (Å²) in [6.45, 7) is 1.97. The lowest BCUT2D eigenvalue weighted by molar-refractivity contribution is 0.102. The van der Waals surface area contributed by atoms with Gasteiger partial charge in [0, 0.05) is 5.56 Å². The number of nitrogens with zero attached hydrogens (tertiary/aromatic N) is 3. The van der Waals surface area contributed by atoms with Crippen molar-refractivity contribution in [3.05, 3.63) is 27.9 Å². The van der Waals surface area contributed by atoms with Gasteiger partial charge in [-0.05, 0) is 18.6 Å². The molecule has 9 heteroatoms. The number of hydrazine groups is 1. The molecule has 100 valence electrons. The van der Waals surface area contributed by atoms with Crippen molar-refractivity contribution in [1.29, 1.82) is 0 Å². The maximum absolute atomic E-state index is 12.0.